The lowest BCUT2D eigenvalue weighted by Gasteiger charge is -2.10. The molecule has 0 saturated heterocycles. The van der Waals surface area contributed by atoms with E-state index in [2.05, 4.69) is 31.0 Å². The molecule has 0 spiro atoms. The van der Waals surface area contributed by atoms with Gasteiger partial charge in [-0.25, -0.2) is 8.42 Å². The molecule has 0 bridgehead atoms. The standard InChI is InChI=1S/C20H18BrN3O3S/c1-2-14-4-3-5-17(10-14)23-20(25)15-11-18(13-22-12-15)24-28(26,27)19-8-6-16(21)7-9-19/h3-13,24H,2H2,1H3,(H,23,25). The average Bonchev–Trinajstić information content (AvgIpc) is 2.68. The van der Waals surface area contributed by atoms with Crippen molar-refractivity contribution in [3.8, 4) is 0 Å². The van der Waals surface area contributed by atoms with Gasteiger partial charge in [-0.1, -0.05) is 35.0 Å². The largest absolute Gasteiger partial charge is 0.322 e. The van der Waals surface area contributed by atoms with Crippen LogP contribution in [0.15, 0.2) is 76.4 Å². The molecule has 1 aromatic heterocycles. The maximum absolute atomic E-state index is 12.5. The summed E-state index contributed by atoms with van der Waals surface area (Å²) in [5.74, 6) is -0.370. The van der Waals surface area contributed by atoms with Crippen molar-refractivity contribution in [2.45, 2.75) is 18.2 Å². The first-order valence-electron chi connectivity index (χ1n) is 8.51. The van der Waals surface area contributed by atoms with Crippen LogP contribution in [0, 0.1) is 0 Å². The van der Waals surface area contributed by atoms with Crippen LogP contribution >= 0.6 is 15.9 Å². The summed E-state index contributed by atoms with van der Waals surface area (Å²) in [4.78, 5) is 16.6. The van der Waals surface area contributed by atoms with E-state index >= 15 is 0 Å². The van der Waals surface area contributed by atoms with Crippen molar-refractivity contribution in [1.82, 2.24) is 4.98 Å². The van der Waals surface area contributed by atoms with Crippen LogP contribution in [0.4, 0.5) is 11.4 Å². The predicted molar refractivity (Wildman–Crippen MR) is 113 cm³/mol. The number of aromatic nitrogens is 1. The fourth-order valence-electron chi connectivity index (χ4n) is 2.52. The van der Waals surface area contributed by atoms with E-state index < -0.39 is 10.0 Å². The number of pyridine rings is 1. The minimum Gasteiger partial charge on any atom is -0.322 e. The number of nitrogens with zero attached hydrogens (tertiary/aromatic N) is 1. The van der Waals surface area contributed by atoms with Crippen LogP contribution < -0.4 is 10.0 Å². The Balaban J connectivity index is 1.77. The zero-order chi connectivity index (χ0) is 20.1. The molecule has 2 aromatic carbocycles. The molecule has 0 radical (unpaired) electrons. The summed E-state index contributed by atoms with van der Waals surface area (Å²) in [6.07, 6.45) is 3.60. The second-order valence-electron chi connectivity index (χ2n) is 6.03. The zero-order valence-corrected chi connectivity index (χ0v) is 17.4. The molecular formula is C20H18BrN3O3S. The number of halogens is 1. The quantitative estimate of drug-likeness (QED) is 0.569. The first-order valence-corrected chi connectivity index (χ1v) is 10.8. The van der Waals surface area contributed by atoms with Gasteiger partial charge in [-0.2, -0.15) is 0 Å². The van der Waals surface area contributed by atoms with Gasteiger partial charge in [0.25, 0.3) is 15.9 Å². The Hall–Kier alpha value is -2.71. The number of hydrogen-bond donors (Lipinski definition) is 2. The van der Waals surface area contributed by atoms with Crippen LogP contribution in [0.5, 0.6) is 0 Å². The van der Waals surface area contributed by atoms with Crippen molar-refractivity contribution < 1.29 is 13.2 Å². The molecule has 1 amide bonds. The molecule has 144 valence electrons. The number of aryl methyl sites for hydroxylation is 1. The topological polar surface area (TPSA) is 88.2 Å². The van der Waals surface area contributed by atoms with Crippen LogP contribution in [0.2, 0.25) is 0 Å². The van der Waals surface area contributed by atoms with Crippen LogP contribution in [-0.2, 0) is 16.4 Å². The second kappa shape index (κ2) is 8.53. The third kappa shape index (κ3) is 4.96. The molecule has 0 fully saturated rings. The number of carbonyl (C=O) groups excluding carboxylic acids is 1. The van der Waals surface area contributed by atoms with E-state index in [-0.39, 0.29) is 22.1 Å². The van der Waals surface area contributed by atoms with Gasteiger partial charge in [-0.3, -0.25) is 14.5 Å². The van der Waals surface area contributed by atoms with Crippen molar-refractivity contribution in [1.29, 1.82) is 0 Å². The van der Waals surface area contributed by atoms with E-state index in [4.69, 9.17) is 0 Å². The third-order valence-corrected chi connectivity index (χ3v) is 5.90. The van der Waals surface area contributed by atoms with Crippen LogP contribution in [-0.4, -0.2) is 19.3 Å². The van der Waals surface area contributed by atoms with Gasteiger partial charge in [0.15, 0.2) is 0 Å². The zero-order valence-electron chi connectivity index (χ0n) is 15.0. The lowest BCUT2D eigenvalue weighted by molar-refractivity contribution is 0.102. The van der Waals surface area contributed by atoms with Crippen LogP contribution in [0.1, 0.15) is 22.8 Å². The van der Waals surface area contributed by atoms with E-state index in [1.165, 1.54) is 30.6 Å². The molecule has 0 aliphatic rings. The highest BCUT2D eigenvalue weighted by molar-refractivity contribution is 9.10. The number of sulfonamides is 1. The number of benzene rings is 2. The van der Waals surface area contributed by atoms with E-state index in [0.29, 0.717) is 5.69 Å². The molecule has 0 saturated carbocycles. The molecule has 0 aliphatic carbocycles. The minimum atomic E-state index is -3.78. The summed E-state index contributed by atoms with van der Waals surface area (Å²) in [5.41, 5.74) is 2.23. The fraction of sp³-hybridized carbons (Fsp3) is 0.100. The summed E-state index contributed by atoms with van der Waals surface area (Å²) in [6.45, 7) is 2.03. The molecule has 1 heterocycles. The van der Waals surface area contributed by atoms with Gasteiger partial charge < -0.3 is 5.32 Å². The lowest BCUT2D eigenvalue weighted by atomic mass is 10.1. The van der Waals surface area contributed by atoms with Gasteiger partial charge in [-0.05, 0) is 54.4 Å². The normalized spacial score (nSPS) is 11.1. The average molecular weight is 460 g/mol. The molecule has 0 unspecified atom stereocenters. The first-order chi connectivity index (χ1) is 13.4. The number of amides is 1. The maximum Gasteiger partial charge on any atom is 0.261 e. The van der Waals surface area contributed by atoms with Crippen molar-refractivity contribution in [2.24, 2.45) is 0 Å². The smallest absolute Gasteiger partial charge is 0.261 e. The molecule has 3 aromatic rings. The van der Waals surface area contributed by atoms with E-state index in [9.17, 15) is 13.2 Å². The van der Waals surface area contributed by atoms with E-state index in [1.54, 1.807) is 18.2 Å². The predicted octanol–water partition coefficient (Wildman–Crippen LogP) is 4.46. The van der Waals surface area contributed by atoms with Crippen LogP contribution in [0.3, 0.4) is 0 Å². The van der Waals surface area contributed by atoms with Crippen molar-refractivity contribution in [3.63, 3.8) is 0 Å². The highest BCUT2D eigenvalue weighted by Gasteiger charge is 2.15. The highest BCUT2D eigenvalue weighted by Crippen LogP contribution is 2.19. The Kier molecular flexibility index (Phi) is 6.11. The van der Waals surface area contributed by atoms with Gasteiger partial charge in [0.1, 0.15) is 0 Å². The second-order valence-corrected chi connectivity index (χ2v) is 8.63. The summed E-state index contributed by atoms with van der Waals surface area (Å²) in [7, 11) is -3.78. The number of hydrogen-bond acceptors (Lipinski definition) is 4. The monoisotopic (exact) mass is 459 g/mol. The third-order valence-electron chi connectivity index (χ3n) is 3.97. The lowest BCUT2D eigenvalue weighted by Crippen LogP contribution is -2.15. The Labute approximate surface area is 172 Å². The van der Waals surface area contributed by atoms with Gasteiger partial charge in [0.05, 0.1) is 22.3 Å². The molecule has 2 N–H and O–H groups in total. The van der Waals surface area contributed by atoms with Crippen LogP contribution in [0.25, 0.3) is 0 Å². The highest BCUT2D eigenvalue weighted by atomic mass is 79.9. The van der Waals surface area contributed by atoms with E-state index in [1.807, 2.05) is 25.1 Å². The van der Waals surface area contributed by atoms with Gasteiger partial charge in [-0.15, -0.1) is 0 Å². The maximum atomic E-state index is 12.5. The summed E-state index contributed by atoms with van der Waals surface area (Å²) < 4.78 is 28.2. The fourth-order valence-corrected chi connectivity index (χ4v) is 3.82. The molecule has 0 aliphatic heterocycles. The number of rotatable bonds is 6. The molecule has 0 atom stereocenters. The van der Waals surface area contributed by atoms with Crippen molar-refractivity contribution >= 4 is 43.2 Å². The Morgan fingerprint density at radius 1 is 1.04 bits per heavy atom. The number of carbonyl (C=O) groups is 1. The van der Waals surface area contributed by atoms with E-state index in [0.717, 1.165) is 16.5 Å². The van der Waals surface area contributed by atoms with Gasteiger partial charge >= 0.3 is 0 Å². The number of anilines is 2. The summed E-state index contributed by atoms with van der Waals surface area (Å²) >= 11 is 3.27. The molecular weight excluding hydrogens is 442 g/mol. The Morgan fingerprint density at radius 2 is 1.79 bits per heavy atom. The Bertz CT molecular complexity index is 1100. The SMILES string of the molecule is CCc1cccc(NC(=O)c2cncc(NS(=O)(=O)c3ccc(Br)cc3)c2)c1. The Morgan fingerprint density at radius 3 is 2.50 bits per heavy atom. The molecule has 8 heteroatoms. The molecule has 3 rings (SSSR count). The molecule has 6 nitrogen and oxygen atoms in total. The first kappa shape index (κ1) is 20.0. The summed E-state index contributed by atoms with van der Waals surface area (Å²) in [5, 5.41) is 2.80. The number of nitrogens with one attached hydrogen (secondary N) is 2. The van der Waals surface area contributed by atoms with Crippen molar-refractivity contribution in [3.05, 3.63) is 82.6 Å². The van der Waals surface area contributed by atoms with Gasteiger partial charge in [0.2, 0.25) is 0 Å². The minimum absolute atomic E-state index is 0.113. The molecule has 28 heavy (non-hydrogen) atoms. The van der Waals surface area contributed by atoms with Crippen molar-refractivity contribution in [2.75, 3.05) is 10.0 Å². The van der Waals surface area contributed by atoms with Gasteiger partial charge in [0, 0.05) is 16.4 Å². The summed E-state index contributed by atoms with van der Waals surface area (Å²) in [6, 6.07) is 15.2.